The number of allylic oxidation sites excluding steroid dienone is 2. The zero-order chi connectivity index (χ0) is 75.1. The number of halogens is 1. The Morgan fingerprint density at radius 2 is 0.632 bits per heavy atom. The van der Waals surface area contributed by atoms with Gasteiger partial charge in [-0.05, 0) is 121 Å². The van der Waals surface area contributed by atoms with E-state index in [4.69, 9.17) is 26.6 Å². The molecule has 22 rings (SSSR count). The molecule has 0 aliphatic heterocycles. The standard InChI is InChI=1S/C51H33N5.C27H18ClN3.C25H16N.Na.H/c1-4-14-34(15-5-1)36-24-28-38(29-25-36)49-52-50(39-30-26-37(27-31-39)35-16-6-2-7-17-35)54-51(53-49)56-46-23-13-11-21-42(46)44-33-32-43-41-20-10-12-22-45(41)55(47(43)48(44)56)40-18-8-3-9-19-40;28-27-30-25(23-15-11-21(12-16-23)19-7-3-1-4-8-19)29-26(31-27)24-17-13-22(14-18-24)20-9-5-2-6-10-20;1-2-9-18(10-3-1)26-24-13-7-6-12-21(24)22-15-14-20-19-11-5-4-8-17(19)16-23(20)25(22)26;;/h1-33H;1-18H;1-6,8-15H,16H2;;/q;;2*+1;-1. The summed E-state index contributed by atoms with van der Waals surface area (Å²) < 4.78 is 7.04. The molecule has 532 valence electrons. The van der Waals surface area contributed by atoms with E-state index in [-0.39, 0.29) is 36.3 Å². The van der Waals surface area contributed by atoms with Crippen molar-refractivity contribution in [3.05, 3.63) is 416 Å². The van der Waals surface area contributed by atoms with Gasteiger partial charge in [0.05, 0.1) is 39.3 Å². The maximum absolute atomic E-state index is 6.24. The van der Waals surface area contributed by atoms with Crippen LogP contribution in [0.15, 0.2) is 382 Å². The molecule has 0 fully saturated rings. The van der Waals surface area contributed by atoms with Crippen LogP contribution in [0.25, 0.3) is 185 Å². The predicted molar refractivity (Wildman–Crippen MR) is 466 cm³/mol. The zero-order valence-corrected chi connectivity index (χ0v) is 64.9. The Morgan fingerprint density at radius 1 is 0.281 bits per heavy atom. The van der Waals surface area contributed by atoms with Crippen LogP contribution in [0.3, 0.4) is 0 Å². The van der Waals surface area contributed by atoms with Gasteiger partial charge in [0.1, 0.15) is 17.7 Å². The Morgan fingerprint density at radius 3 is 1.09 bits per heavy atom. The summed E-state index contributed by atoms with van der Waals surface area (Å²) in [4.78, 5) is 29.2. The Kier molecular flexibility index (Phi) is 19.0. The van der Waals surface area contributed by atoms with Crippen molar-refractivity contribution in [3.8, 4) is 119 Å². The number of fused-ring (bicyclic) bond motifs is 14. The maximum Gasteiger partial charge on any atom is 1.00 e. The van der Waals surface area contributed by atoms with Crippen LogP contribution in [-0.4, -0.2) is 43.6 Å². The van der Waals surface area contributed by atoms with Crippen LogP contribution >= 0.6 is 11.6 Å². The van der Waals surface area contributed by atoms with Gasteiger partial charge in [-0.15, -0.1) is 0 Å². The van der Waals surface area contributed by atoms with Crippen molar-refractivity contribution >= 4 is 78.3 Å². The van der Waals surface area contributed by atoms with Gasteiger partial charge < -0.3 is 5.99 Å². The summed E-state index contributed by atoms with van der Waals surface area (Å²) in [6, 6.07) is 131. The normalized spacial score (nSPS) is 11.7. The molecule has 5 heterocycles. The van der Waals surface area contributed by atoms with Crippen molar-refractivity contribution in [2.45, 2.75) is 6.42 Å². The van der Waals surface area contributed by atoms with Gasteiger partial charge in [0.25, 0.3) is 0 Å². The molecular weight excluding hydrogens is 1420 g/mol. The van der Waals surface area contributed by atoms with E-state index in [0.29, 0.717) is 29.2 Å². The number of hydrogen-bond acceptors (Lipinski definition) is 6. The van der Waals surface area contributed by atoms with Crippen LogP contribution in [0, 0.1) is 6.08 Å². The maximum atomic E-state index is 6.24. The first-order valence-electron chi connectivity index (χ1n) is 37.9. The van der Waals surface area contributed by atoms with Gasteiger partial charge in [0, 0.05) is 67.4 Å². The molecule has 0 bridgehead atoms. The van der Waals surface area contributed by atoms with E-state index in [1.54, 1.807) is 0 Å². The number of benzene rings is 15. The monoisotopic (exact) mass is 1490 g/mol. The fourth-order valence-corrected chi connectivity index (χ4v) is 16.3. The molecule has 0 N–H and O–H groups in total. The molecule has 0 unspecified atom stereocenters. The van der Waals surface area contributed by atoms with Crippen LogP contribution in [0.2, 0.25) is 5.28 Å². The van der Waals surface area contributed by atoms with Crippen molar-refractivity contribution in [1.82, 2.24) is 43.6 Å². The molecule has 0 amide bonds. The second-order valence-corrected chi connectivity index (χ2v) is 28.5. The third kappa shape index (κ3) is 13.3. The molecule has 0 atom stereocenters. The Balaban J connectivity index is 0.000000131. The van der Waals surface area contributed by atoms with Crippen molar-refractivity contribution in [1.29, 1.82) is 0 Å². The fourth-order valence-electron chi connectivity index (χ4n) is 16.1. The predicted octanol–water partition coefficient (Wildman–Crippen LogP) is 23.1. The first-order chi connectivity index (χ1) is 56.0. The zero-order valence-electron chi connectivity index (χ0n) is 63.1. The van der Waals surface area contributed by atoms with Crippen LogP contribution in [-0.2, 0) is 6.42 Å². The quantitative estimate of drug-likeness (QED) is 0.0946. The summed E-state index contributed by atoms with van der Waals surface area (Å²) in [6.07, 6.45) is 10.6. The Bertz CT molecular complexity index is 6820. The smallest absolute Gasteiger partial charge is 1.00 e. The molecule has 11 heteroatoms. The average molecular weight is 1490 g/mol. The molecular formula is C103H68ClN9Na+. The third-order valence-electron chi connectivity index (χ3n) is 21.5. The minimum absolute atomic E-state index is 0. The van der Waals surface area contributed by atoms with Gasteiger partial charge in [0.15, 0.2) is 29.0 Å². The number of hydrogen-bond donors (Lipinski definition) is 0. The van der Waals surface area contributed by atoms with E-state index < -0.39 is 0 Å². The van der Waals surface area contributed by atoms with Gasteiger partial charge in [-0.2, -0.15) is 19.9 Å². The largest absolute Gasteiger partial charge is 1.00 e. The Hall–Kier alpha value is -13.9. The van der Waals surface area contributed by atoms with Crippen LogP contribution < -0.4 is 29.6 Å². The van der Waals surface area contributed by atoms with E-state index in [2.05, 4.69) is 350 Å². The van der Waals surface area contributed by atoms with Gasteiger partial charge in [-0.1, -0.05) is 334 Å². The first-order valence-corrected chi connectivity index (χ1v) is 38.3. The minimum Gasteiger partial charge on any atom is -1.00 e. The molecule has 9 nitrogen and oxygen atoms in total. The van der Waals surface area contributed by atoms with Crippen LogP contribution in [0.5, 0.6) is 0 Å². The number of nitrogens with zero attached hydrogens (tertiary/aromatic N) is 9. The van der Waals surface area contributed by atoms with Gasteiger partial charge in [-0.3, -0.25) is 9.13 Å². The van der Waals surface area contributed by atoms with Crippen molar-refractivity contribution in [2.24, 2.45) is 0 Å². The van der Waals surface area contributed by atoms with Crippen molar-refractivity contribution in [2.75, 3.05) is 0 Å². The fraction of sp³-hybridized carbons (Fsp3) is 0.00971. The molecule has 0 radical (unpaired) electrons. The first kappa shape index (κ1) is 70.5. The van der Waals surface area contributed by atoms with E-state index >= 15 is 0 Å². The third-order valence-corrected chi connectivity index (χ3v) is 21.7. The van der Waals surface area contributed by atoms with E-state index in [0.717, 1.165) is 101 Å². The SMILES string of the molecule is Clc1nc(-c2ccc(-c3ccccc3)cc2)nc(-c2ccc(-c3ccccc3)cc2)n1.[C+]1=Cc2c(c3ccc4c(c3n2-c2ccccc2)Cc2ccccc2-4)C=C1.[H-].[Na+].c1ccc(-c2ccc(-c3nc(-c4ccc(-c5ccccc5)cc4)nc(-n4c5ccccc5c5ccc6c7ccccc7n(-c7ccccc7)c6c54)n3)cc2)cc1. The number of aromatic nitrogens is 9. The molecule has 0 spiro atoms. The summed E-state index contributed by atoms with van der Waals surface area (Å²) in [6.45, 7) is 0. The molecule has 0 saturated heterocycles. The molecule has 2 aliphatic rings. The average Bonchev–Trinajstić information content (AvgIpc) is 1.55. The summed E-state index contributed by atoms with van der Waals surface area (Å²) >= 11 is 6.24. The summed E-state index contributed by atoms with van der Waals surface area (Å²) in [7, 11) is 0. The summed E-state index contributed by atoms with van der Waals surface area (Å²) in [5.74, 6) is 2.90. The topological polar surface area (TPSA) is 92.1 Å². The van der Waals surface area contributed by atoms with E-state index in [1.807, 2.05) is 78.9 Å². The van der Waals surface area contributed by atoms with Crippen LogP contribution in [0.1, 0.15) is 23.8 Å². The second kappa shape index (κ2) is 30.8. The minimum atomic E-state index is 0. The molecule has 20 aromatic rings. The Labute approximate surface area is 688 Å². The van der Waals surface area contributed by atoms with Gasteiger partial charge >= 0.3 is 29.6 Å². The molecule has 15 aromatic carbocycles. The van der Waals surface area contributed by atoms with Crippen LogP contribution in [0.4, 0.5) is 0 Å². The molecule has 114 heavy (non-hydrogen) atoms. The second-order valence-electron chi connectivity index (χ2n) is 28.1. The number of para-hydroxylation sites is 4. The number of rotatable bonds is 11. The van der Waals surface area contributed by atoms with Crippen molar-refractivity contribution < 1.29 is 31.0 Å². The molecule has 2 aliphatic carbocycles. The van der Waals surface area contributed by atoms with E-state index in [1.165, 1.54) is 72.0 Å². The summed E-state index contributed by atoms with van der Waals surface area (Å²) in [5.41, 5.74) is 28.9. The molecule has 5 aromatic heterocycles. The van der Waals surface area contributed by atoms with Gasteiger partial charge in [-0.25, -0.2) is 9.97 Å². The van der Waals surface area contributed by atoms with Gasteiger partial charge in [0.2, 0.25) is 11.2 Å². The van der Waals surface area contributed by atoms with E-state index in [9.17, 15) is 0 Å². The molecule has 0 saturated carbocycles. The summed E-state index contributed by atoms with van der Waals surface area (Å²) in [5, 5.41) is 6.14. The van der Waals surface area contributed by atoms with Crippen molar-refractivity contribution in [3.63, 3.8) is 0 Å².